The van der Waals surface area contributed by atoms with Gasteiger partial charge in [-0.2, -0.15) is 0 Å². The Morgan fingerprint density at radius 1 is 1.44 bits per heavy atom. The molecule has 0 saturated carbocycles. The summed E-state index contributed by atoms with van der Waals surface area (Å²) in [5.41, 5.74) is 1.78. The van der Waals surface area contributed by atoms with Crippen LogP contribution in [0.5, 0.6) is 0 Å². The van der Waals surface area contributed by atoms with Gasteiger partial charge in [0.05, 0.1) is 0 Å². The van der Waals surface area contributed by atoms with Crippen molar-refractivity contribution in [2.75, 3.05) is 13.2 Å². The van der Waals surface area contributed by atoms with Gasteiger partial charge in [0.2, 0.25) is 0 Å². The van der Waals surface area contributed by atoms with Crippen LogP contribution in [0.3, 0.4) is 0 Å². The Morgan fingerprint density at radius 3 is 2.88 bits per heavy atom. The number of nitrogens with zero attached hydrogens (tertiary/aromatic N) is 1. The van der Waals surface area contributed by atoms with E-state index in [1.807, 2.05) is 13.0 Å². The van der Waals surface area contributed by atoms with Crippen molar-refractivity contribution in [3.05, 3.63) is 29.6 Å². The fourth-order valence-corrected chi connectivity index (χ4v) is 2.04. The van der Waals surface area contributed by atoms with Crippen molar-refractivity contribution in [3.8, 4) is 0 Å². The molecule has 1 saturated heterocycles. The van der Waals surface area contributed by atoms with Gasteiger partial charge in [0, 0.05) is 37.6 Å². The summed E-state index contributed by atoms with van der Waals surface area (Å²) in [4.78, 5) is 16.0. The Hall–Kier alpha value is -1.22. The molecule has 0 radical (unpaired) electrons. The van der Waals surface area contributed by atoms with E-state index >= 15 is 0 Å². The number of carbonyl (C=O) groups excluding carboxylic acids is 1. The number of hydrogen-bond donors (Lipinski definition) is 0. The second kappa shape index (κ2) is 5.21. The lowest BCUT2D eigenvalue weighted by atomic mass is 9.92. The third-order valence-electron chi connectivity index (χ3n) is 3.01. The highest BCUT2D eigenvalue weighted by Crippen LogP contribution is 2.20. The van der Waals surface area contributed by atoms with Crippen molar-refractivity contribution in [2.24, 2.45) is 5.92 Å². The van der Waals surface area contributed by atoms with Crippen molar-refractivity contribution < 1.29 is 9.53 Å². The largest absolute Gasteiger partial charge is 0.381 e. The molecule has 1 aliphatic heterocycles. The van der Waals surface area contributed by atoms with Crippen LogP contribution in [-0.2, 0) is 4.74 Å². The fraction of sp³-hybridized carbons (Fsp3) is 0.538. The average molecular weight is 219 g/mol. The lowest BCUT2D eigenvalue weighted by Crippen LogP contribution is -2.18. The number of ether oxygens (including phenoxy) is 1. The van der Waals surface area contributed by atoms with E-state index in [1.165, 1.54) is 0 Å². The highest BCUT2D eigenvalue weighted by atomic mass is 16.5. The number of pyridine rings is 1. The average Bonchev–Trinajstić information content (AvgIpc) is 2.30. The molecule has 0 aromatic carbocycles. The predicted molar refractivity (Wildman–Crippen MR) is 61.5 cm³/mol. The molecule has 0 spiro atoms. The van der Waals surface area contributed by atoms with Gasteiger partial charge in [-0.15, -0.1) is 0 Å². The number of ketones is 1. The van der Waals surface area contributed by atoms with Gasteiger partial charge in [-0.05, 0) is 37.3 Å². The Labute approximate surface area is 95.8 Å². The second-order valence-corrected chi connectivity index (χ2v) is 4.43. The molecule has 0 amide bonds. The van der Waals surface area contributed by atoms with Crippen LogP contribution in [-0.4, -0.2) is 24.0 Å². The molecule has 0 bridgehead atoms. The third-order valence-corrected chi connectivity index (χ3v) is 3.01. The number of Topliss-reactive ketones (excluding diaryl/α,β-unsaturated/α-hetero) is 1. The Kier molecular flexibility index (Phi) is 3.67. The van der Waals surface area contributed by atoms with Crippen molar-refractivity contribution in [2.45, 2.75) is 26.2 Å². The Bertz CT molecular complexity index is 370. The van der Waals surface area contributed by atoms with E-state index in [4.69, 9.17) is 4.74 Å². The number of aryl methyl sites for hydroxylation is 1. The summed E-state index contributed by atoms with van der Waals surface area (Å²) in [5.74, 6) is 0.699. The minimum atomic E-state index is 0.211. The van der Waals surface area contributed by atoms with Gasteiger partial charge in [0.1, 0.15) is 0 Å². The minimum absolute atomic E-state index is 0.211. The SMILES string of the molecule is Cc1cncc(C(=O)CC2CCOCC2)c1. The zero-order chi connectivity index (χ0) is 11.4. The minimum Gasteiger partial charge on any atom is -0.381 e. The number of rotatable bonds is 3. The first-order chi connectivity index (χ1) is 7.75. The van der Waals surface area contributed by atoms with Gasteiger partial charge in [-0.25, -0.2) is 0 Å². The molecule has 3 nitrogen and oxygen atoms in total. The molecule has 86 valence electrons. The van der Waals surface area contributed by atoms with E-state index in [2.05, 4.69) is 4.98 Å². The van der Waals surface area contributed by atoms with E-state index in [0.717, 1.165) is 37.2 Å². The van der Waals surface area contributed by atoms with Crippen molar-refractivity contribution >= 4 is 5.78 Å². The molecule has 0 aliphatic carbocycles. The van der Waals surface area contributed by atoms with Gasteiger partial charge < -0.3 is 4.74 Å². The maximum atomic E-state index is 12.0. The van der Waals surface area contributed by atoms with Gasteiger partial charge in [-0.3, -0.25) is 9.78 Å². The first kappa shape index (κ1) is 11.3. The van der Waals surface area contributed by atoms with Crippen LogP contribution in [0, 0.1) is 12.8 Å². The fourth-order valence-electron chi connectivity index (χ4n) is 2.04. The molecule has 1 aromatic heterocycles. The topological polar surface area (TPSA) is 39.2 Å². The van der Waals surface area contributed by atoms with Gasteiger partial charge >= 0.3 is 0 Å². The van der Waals surface area contributed by atoms with Crippen LogP contribution in [0.15, 0.2) is 18.5 Å². The van der Waals surface area contributed by atoms with Crippen LogP contribution in [0.1, 0.15) is 35.2 Å². The van der Waals surface area contributed by atoms with Gasteiger partial charge in [0.15, 0.2) is 5.78 Å². The highest BCUT2D eigenvalue weighted by Gasteiger charge is 2.18. The molecule has 1 fully saturated rings. The Morgan fingerprint density at radius 2 is 2.19 bits per heavy atom. The summed E-state index contributed by atoms with van der Waals surface area (Å²) in [6, 6.07) is 1.91. The molecule has 1 aliphatic rings. The Balaban J connectivity index is 1.97. The molecule has 16 heavy (non-hydrogen) atoms. The maximum absolute atomic E-state index is 12.0. The predicted octanol–water partition coefficient (Wildman–Crippen LogP) is 2.39. The maximum Gasteiger partial charge on any atom is 0.164 e. The molecule has 1 aromatic rings. The van der Waals surface area contributed by atoms with Crippen LogP contribution in [0.4, 0.5) is 0 Å². The lowest BCUT2D eigenvalue weighted by molar-refractivity contribution is 0.0601. The van der Waals surface area contributed by atoms with Crippen molar-refractivity contribution in [1.82, 2.24) is 4.98 Å². The number of hydrogen-bond acceptors (Lipinski definition) is 3. The zero-order valence-electron chi connectivity index (χ0n) is 9.61. The monoisotopic (exact) mass is 219 g/mol. The first-order valence-electron chi connectivity index (χ1n) is 5.78. The lowest BCUT2D eigenvalue weighted by Gasteiger charge is -2.21. The smallest absolute Gasteiger partial charge is 0.164 e. The van der Waals surface area contributed by atoms with E-state index in [1.54, 1.807) is 12.4 Å². The van der Waals surface area contributed by atoms with Crippen molar-refractivity contribution in [1.29, 1.82) is 0 Å². The van der Waals surface area contributed by atoms with Crippen molar-refractivity contribution in [3.63, 3.8) is 0 Å². The summed E-state index contributed by atoms with van der Waals surface area (Å²) in [6.45, 7) is 3.55. The van der Waals surface area contributed by atoms with E-state index < -0.39 is 0 Å². The normalized spacial score (nSPS) is 17.3. The van der Waals surface area contributed by atoms with Crippen LogP contribution >= 0.6 is 0 Å². The van der Waals surface area contributed by atoms with Crippen LogP contribution in [0.2, 0.25) is 0 Å². The van der Waals surface area contributed by atoms with E-state index in [-0.39, 0.29) is 5.78 Å². The zero-order valence-corrected chi connectivity index (χ0v) is 9.61. The summed E-state index contributed by atoms with van der Waals surface area (Å²) in [5, 5.41) is 0. The highest BCUT2D eigenvalue weighted by molar-refractivity contribution is 5.96. The standard InChI is InChI=1S/C13H17NO2/c1-10-6-12(9-14-8-10)13(15)7-11-2-4-16-5-3-11/h6,8-9,11H,2-5,7H2,1H3. The molecule has 0 N–H and O–H groups in total. The number of carbonyl (C=O) groups is 1. The first-order valence-corrected chi connectivity index (χ1v) is 5.78. The summed E-state index contributed by atoms with van der Waals surface area (Å²) >= 11 is 0. The summed E-state index contributed by atoms with van der Waals surface area (Å²) in [6.07, 6.45) is 6.07. The third kappa shape index (κ3) is 2.89. The molecule has 2 rings (SSSR count). The molecule has 0 atom stereocenters. The van der Waals surface area contributed by atoms with Crippen LogP contribution in [0.25, 0.3) is 0 Å². The van der Waals surface area contributed by atoms with Gasteiger partial charge in [-0.1, -0.05) is 0 Å². The summed E-state index contributed by atoms with van der Waals surface area (Å²) in [7, 11) is 0. The molecule has 0 unspecified atom stereocenters. The number of aromatic nitrogens is 1. The second-order valence-electron chi connectivity index (χ2n) is 4.43. The molecule has 2 heterocycles. The van der Waals surface area contributed by atoms with Crippen LogP contribution < -0.4 is 0 Å². The molecular weight excluding hydrogens is 202 g/mol. The quantitative estimate of drug-likeness (QED) is 0.733. The summed E-state index contributed by atoms with van der Waals surface area (Å²) < 4.78 is 5.28. The van der Waals surface area contributed by atoms with E-state index in [0.29, 0.717) is 12.3 Å². The molecule has 3 heteroatoms. The molecular formula is C13H17NO2. The van der Waals surface area contributed by atoms with Gasteiger partial charge in [0.25, 0.3) is 0 Å². The van der Waals surface area contributed by atoms with E-state index in [9.17, 15) is 4.79 Å².